The Morgan fingerprint density at radius 3 is 2.35 bits per heavy atom. The van der Waals surface area contributed by atoms with Gasteiger partial charge in [0, 0.05) is 34.3 Å². The highest BCUT2D eigenvalue weighted by Gasteiger charge is 2.32. The van der Waals surface area contributed by atoms with Crippen LogP contribution in [0.25, 0.3) is 10.9 Å². The summed E-state index contributed by atoms with van der Waals surface area (Å²) in [6.07, 6.45) is -4.50. The van der Waals surface area contributed by atoms with Crippen LogP contribution >= 0.6 is 11.6 Å². The van der Waals surface area contributed by atoms with Gasteiger partial charge < -0.3 is 19.1 Å². The number of hydrogen-bond donors (Lipinski definition) is 1. The van der Waals surface area contributed by atoms with E-state index in [-0.39, 0.29) is 18.7 Å². The average Bonchev–Trinajstić information content (AvgIpc) is 3.18. The number of benzene rings is 3. The zero-order valence-corrected chi connectivity index (χ0v) is 22.6. The summed E-state index contributed by atoms with van der Waals surface area (Å²) in [4.78, 5) is 25.2. The molecular formula is C30H27ClF3NO5. The number of alkyl halides is 3. The molecule has 0 aliphatic rings. The van der Waals surface area contributed by atoms with Crippen molar-refractivity contribution >= 4 is 34.3 Å². The van der Waals surface area contributed by atoms with Crippen molar-refractivity contribution in [3.63, 3.8) is 0 Å². The number of ketones is 1. The van der Waals surface area contributed by atoms with Gasteiger partial charge in [-0.25, -0.2) is 4.79 Å². The summed E-state index contributed by atoms with van der Waals surface area (Å²) in [5.41, 5.74) is 2.54. The highest BCUT2D eigenvalue weighted by molar-refractivity contribution is 6.30. The molecule has 0 radical (unpaired) electrons. The van der Waals surface area contributed by atoms with E-state index in [2.05, 4.69) is 4.74 Å². The smallest absolute Gasteiger partial charge is 0.479 e. The normalized spacial score (nSPS) is 12.3. The summed E-state index contributed by atoms with van der Waals surface area (Å²) in [6, 6.07) is 17.2. The minimum Gasteiger partial charge on any atom is -0.479 e. The molecule has 1 aromatic heterocycles. The molecule has 4 rings (SSSR count). The van der Waals surface area contributed by atoms with E-state index in [4.69, 9.17) is 16.3 Å². The van der Waals surface area contributed by atoms with Crippen LogP contribution in [0.5, 0.6) is 11.5 Å². The molecule has 1 unspecified atom stereocenters. The summed E-state index contributed by atoms with van der Waals surface area (Å²) >= 11 is 6.01. The van der Waals surface area contributed by atoms with Crippen molar-refractivity contribution in [3.05, 3.63) is 94.1 Å². The zero-order valence-electron chi connectivity index (χ0n) is 21.8. The minimum atomic E-state index is -4.88. The molecule has 0 spiro atoms. The van der Waals surface area contributed by atoms with Crippen LogP contribution in [0.4, 0.5) is 13.2 Å². The van der Waals surface area contributed by atoms with Crippen molar-refractivity contribution in [2.75, 3.05) is 0 Å². The lowest BCUT2D eigenvalue weighted by Crippen LogP contribution is -2.25. The Bertz CT molecular complexity index is 1530. The van der Waals surface area contributed by atoms with E-state index in [0.717, 1.165) is 0 Å². The summed E-state index contributed by atoms with van der Waals surface area (Å²) < 4.78 is 50.8. The first kappa shape index (κ1) is 29.0. The minimum absolute atomic E-state index is 0.191. The van der Waals surface area contributed by atoms with E-state index in [9.17, 15) is 27.9 Å². The third-order valence-corrected chi connectivity index (χ3v) is 6.61. The number of carbonyl (C=O) groups excluding carboxylic acids is 1. The van der Waals surface area contributed by atoms with Crippen molar-refractivity contribution in [3.8, 4) is 11.5 Å². The summed E-state index contributed by atoms with van der Waals surface area (Å²) in [7, 11) is 0. The molecule has 10 heteroatoms. The molecule has 0 saturated heterocycles. The van der Waals surface area contributed by atoms with Gasteiger partial charge in [0.2, 0.25) is 0 Å². The molecule has 1 atom stereocenters. The van der Waals surface area contributed by atoms with E-state index in [1.54, 1.807) is 60.0 Å². The Morgan fingerprint density at radius 2 is 1.73 bits per heavy atom. The van der Waals surface area contributed by atoms with Crippen LogP contribution in [-0.4, -0.2) is 33.9 Å². The molecule has 210 valence electrons. The highest BCUT2D eigenvalue weighted by atomic mass is 35.5. The number of halogens is 4. The number of carboxylic acids is 1. The number of aliphatic carboxylic acids is 1. The first-order valence-corrected chi connectivity index (χ1v) is 13.1. The van der Waals surface area contributed by atoms with Crippen molar-refractivity contribution < 1.29 is 37.3 Å². The van der Waals surface area contributed by atoms with Gasteiger partial charge in [-0.15, -0.1) is 13.2 Å². The molecule has 3 aromatic carbocycles. The molecule has 6 nitrogen and oxygen atoms in total. The lowest BCUT2D eigenvalue weighted by Gasteiger charge is -2.16. The first-order valence-electron chi connectivity index (χ1n) is 12.7. The standard InChI is InChI=1S/C30H27ClF3NO5/c1-3-6-24-27(28(36)19-9-11-20(31)12-10-19)23-14-13-22(40-30(32,33)34)16-25(23)35(24)17-18-7-5-8-21(15-18)39-26(4-2)29(37)38/h5,7-16,26H,3-4,6,17H2,1-2H3,(H,37,38). The molecule has 4 aromatic rings. The Kier molecular flexibility index (Phi) is 8.73. The van der Waals surface area contributed by atoms with Crippen molar-refractivity contribution in [2.45, 2.75) is 52.1 Å². The second-order valence-corrected chi connectivity index (χ2v) is 9.66. The maximum atomic E-state index is 13.8. The maximum Gasteiger partial charge on any atom is 0.573 e. The Balaban J connectivity index is 1.87. The topological polar surface area (TPSA) is 77.8 Å². The first-order chi connectivity index (χ1) is 19.0. The molecule has 0 aliphatic carbocycles. The van der Waals surface area contributed by atoms with Crippen LogP contribution in [0.15, 0.2) is 66.7 Å². The van der Waals surface area contributed by atoms with Gasteiger partial charge in [0.25, 0.3) is 0 Å². The van der Waals surface area contributed by atoms with Gasteiger partial charge in [0.05, 0.1) is 11.1 Å². The number of nitrogens with zero attached hydrogens (tertiary/aromatic N) is 1. The molecule has 0 saturated carbocycles. The third kappa shape index (κ3) is 6.59. The van der Waals surface area contributed by atoms with E-state index in [1.165, 1.54) is 18.2 Å². The molecule has 0 bridgehead atoms. The van der Waals surface area contributed by atoms with Gasteiger partial charge in [-0.1, -0.05) is 44.0 Å². The van der Waals surface area contributed by atoms with E-state index >= 15 is 0 Å². The summed E-state index contributed by atoms with van der Waals surface area (Å²) in [5.74, 6) is -1.43. The number of hydrogen-bond acceptors (Lipinski definition) is 4. The summed E-state index contributed by atoms with van der Waals surface area (Å²) in [5, 5.41) is 10.3. The Morgan fingerprint density at radius 1 is 1.00 bits per heavy atom. The number of aromatic nitrogens is 1. The Hall–Kier alpha value is -3.98. The van der Waals surface area contributed by atoms with Gasteiger partial charge in [-0.05, 0) is 66.9 Å². The Labute approximate surface area is 233 Å². The number of carbonyl (C=O) groups is 2. The van der Waals surface area contributed by atoms with Gasteiger partial charge in [-0.3, -0.25) is 4.79 Å². The molecule has 0 fully saturated rings. The van der Waals surface area contributed by atoms with Crippen LogP contribution in [0.2, 0.25) is 5.02 Å². The average molecular weight is 574 g/mol. The van der Waals surface area contributed by atoms with E-state index < -0.39 is 24.2 Å². The zero-order chi connectivity index (χ0) is 29.0. The molecule has 0 aliphatic heterocycles. The van der Waals surface area contributed by atoms with Crippen LogP contribution in [0, 0.1) is 0 Å². The van der Waals surface area contributed by atoms with Gasteiger partial charge in [0.15, 0.2) is 11.9 Å². The van der Waals surface area contributed by atoms with Crippen molar-refractivity contribution in [1.82, 2.24) is 4.57 Å². The number of ether oxygens (including phenoxy) is 2. The van der Waals surface area contributed by atoms with Crippen LogP contribution in [0.3, 0.4) is 0 Å². The summed E-state index contributed by atoms with van der Waals surface area (Å²) in [6.45, 7) is 3.84. The van der Waals surface area contributed by atoms with E-state index in [0.29, 0.717) is 56.9 Å². The fraction of sp³-hybridized carbons (Fsp3) is 0.267. The highest BCUT2D eigenvalue weighted by Crippen LogP contribution is 2.35. The SMILES string of the molecule is CCCc1c(C(=O)c2ccc(Cl)cc2)c2ccc(OC(F)(F)F)cc2n1Cc1cccc(OC(CC)C(=O)O)c1. The van der Waals surface area contributed by atoms with Crippen molar-refractivity contribution in [2.24, 2.45) is 0 Å². The third-order valence-electron chi connectivity index (χ3n) is 6.36. The maximum absolute atomic E-state index is 13.8. The van der Waals surface area contributed by atoms with Crippen LogP contribution in [-0.2, 0) is 17.8 Å². The second-order valence-electron chi connectivity index (χ2n) is 9.22. The lowest BCUT2D eigenvalue weighted by molar-refractivity contribution is -0.274. The predicted molar refractivity (Wildman–Crippen MR) is 145 cm³/mol. The quantitative estimate of drug-likeness (QED) is 0.186. The van der Waals surface area contributed by atoms with Gasteiger partial charge in [-0.2, -0.15) is 0 Å². The molecule has 1 heterocycles. The van der Waals surface area contributed by atoms with Crippen LogP contribution in [0.1, 0.15) is 53.9 Å². The predicted octanol–water partition coefficient (Wildman–Crippen LogP) is 7.67. The lowest BCUT2D eigenvalue weighted by atomic mass is 9.98. The molecular weight excluding hydrogens is 547 g/mol. The number of fused-ring (bicyclic) bond motifs is 1. The van der Waals surface area contributed by atoms with Crippen LogP contribution < -0.4 is 9.47 Å². The fourth-order valence-electron chi connectivity index (χ4n) is 4.63. The molecule has 40 heavy (non-hydrogen) atoms. The number of carboxylic acid groups (broad SMARTS) is 1. The largest absolute Gasteiger partial charge is 0.573 e. The van der Waals surface area contributed by atoms with Crippen molar-refractivity contribution in [1.29, 1.82) is 0 Å². The van der Waals surface area contributed by atoms with E-state index in [1.807, 2.05) is 6.92 Å². The fourth-order valence-corrected chi connectivity index (χ4v) is 4.75. The second kappa shape index (κ2) is 12.0. The monoisotopic (exact) mass is 573 g/mol. The number of rotatable bonds is 11. The molecule has 0 amide bonds. The van der Waals surface area contributed by atoms with Gasteiger partial charge >= 0.3 is 12.3 Å². The molecule has 1 N–H and O–H groups in total. The van der Waals surface area contributed by atoms with Gasteiger partial charge in [0.1, 0.15) is 11.5 Å².